The van der Waals surface area contributed by atoms with Crippen LogP contribution in [0, 0.1) is 22.7 Å². The van der Waals surface area contributed by atoms with Gasteiger partial charge in [0.25, 0.3) is 0 Å². The Hall–Kier alpha value is -1.10. The predicted molar refractivity (Wildman–Crippen MR) is 105 cm³/mol. The fourth-order valence-electron chi connectivity index (χ4n) is 6.84. The van der Waals surface area contributed by atoms with Crippen LogP contribution in [-0.4, -0.2) is 35.0 Å². The summed E-state index contributed by atoms with van der Waals surface area (Å²) in [6.45, 7) is 5.54. The smallest absolute Gasteiger partial charge is 0.303 e. The van der Waals surface area contributed by atoms with E-state index in [1.54, 1.807) is 12.2 Å². The molecule has 4 rings (SSSR count). The van der Waals surface area contributed by atoms with E-state index in [2.05, 4.69) is 13.2 Å². The second kappa shape index (κ2) is 6.20. The van der Waals surface area contributed by atoms with Gasteiger partial charge in [-0.15, -0.1) is 0 Å². The third-order valence-electron chi connectivity index (χ3n) is 8.12. The second-order valence-electron chi connectivity index (χ2n) is 9.24. The Kier molecular flexibility index (Phi) is 4.41. The van der Waals surface area contributed by atoms with Gasteiger partial charge in [-0.2, -0.15) is 11.8 Å². The second-order valence-corrected chi connectivity index (χ2v) is 10.3. The summed E-state index contributed by atoms with van der Waals surface area (Å²) < 4.78 is 22.9. The van der Waals surface area contributed by atoms with Crippen molar-refractivity contribution in [3.63, 3.8) is 0 Å². The molecule has 0 radical (unpaired) electrons. The molecule has 3 nitrogen and oxygen atoms in total. The Labute approximate surface area is 165 Å². The van der Waals surface area contributed by atoms with Gasteiger partial charge in [-0.3, -0.25) is 9.59 Å². The van der Waals surface area contributed by atoms with E-state index in [1.807, 2.05) is 18.7 Å². The zero-order chi connectivity index (χ0) is 19.6. The van der Waals surface area contributed by atoms with Gasteiger partial charge in [0.05, 0.1) is 0 Å². The molecule has 0 amide bonds. The van der Waals surface area contributed by atoms with E-state index >= 15 is 4.39 Å². The van der Waals surface area contributed by atoms with Gasteiger partial charge in [0.15, 0.2) is 11.5 Å². The Balaban J connectivity index is 1.84. The van der Waals surface area contributed by atoms with Crippen molar-refractivity contribution in [1.82, 2.24) is 0 Å². The maximum Gasteiger partial charge on any atom is 0.303 e. The highest BCUT2D eigenvalue weighted by atomic mass is 32.2. The zero-order valence-electron chi connectivity index (χ0n) is 16.6. The Morgan fingerprint density at radius 2 is 2.00 bits per heavy atom. The third-order valence-corrected chi connectivity index (χ3v) is 9.46. The molecule has 1 unspecified atom stereocenters. The first-order valence-corrected chi connectivity index (χ1v) is 11.3. The van der Waals surface area contributed by atoms with Crippen molar-refractivity contribution in [2.75, 3.05) is 6.26 Å². The maximum atomic E-state index is 17.2. The van der Waals surface area contributed by atoms with Crippen LogP contribution in [0.3, 0.4) is 0 Å². The summed E-state index contributed by atoms with van der Waals surface area (Å²) in [5.74, 6) is -0.362. The molecule has 0 aliphatic heterocycles. The first kappa shape index (κ1) is 19.2. The van der Waals surface area contributed by atoms with Crippen molar-refractivity contribution in [2.24, 2.45) is 22.7 Å². The SMILES string of the molecule is CS[C@H]1CC[C@H]2[C@@H]3CCC4=CC(=O)C=C[C@]4(C)C3(F)[C@@H](OC(C)=O)C[C@]12C. The lowest BCUT2D eigenvalue weighted by atomic mass is 9.46. The average molecular weight is 393 g/mol. The van der Waals surface area contributed by atoms with Crippen LogP contribution >= 0.6 is 11.8 Å². The molecule has 0 N–H and O–H groups in total. The third kappa shape index (κ3) is 2.46. The van der Waals surface area contributed by atoms with Gasteiger partial charge < -0.3 is 4.74 Å². The average Bonchev–Trinajstić information content (AvgIpc) is 2.92. The molecule has 27 heavy (non-hydrogen) atoms. The summed E-state index contributed by atoms with van der Waals surface area (Å²) >= 11 is 1.87. The van der Waals surface area contributed by atoms with Gasteiger partial charge in [-0.25, -0.2) is 4.39 Å². The standard InChI is InChI=1S/C22H29FO3S/c1-13(24)26-18-12-20(2)16(7-8-19(20)27-4)17-6-5-14-11-15(25)9-10-21(14,3)22(17,18)23/h9-11,16-19H,5-8,12H2,1-4H3/t16-,17-,18-,19-,20-,21-,22?/m0/s1. The molecule has 5 heteroatoms. The van der Waals surface area contributed by atoms with E-state index in [4.69, 9.17) is 4.74 Å². The highest BCUT2D eigenvalue weighted by molar-refractivity contribution is 7.99. The number of ether oxygens (including phenoxy) is 1. The number of esters is 1. The number of carbonyl (C=O) groups excluding carboxylic acids is 2. The van der Waals surface area contributed by atoms with E-state index in [1.165, 1.54) is 13.0 Å². The minimum Gasteiger partial charge on any atom is -0.459 e. The molecule has 0 spiro atoms. The lowest BCUT2D eigenvalue weighted by Gasteiger charge is -2.62. The summed E-state index contributed by atoms with van der Waals surface area (Å²) in [6, 6.07) is 0. The molecule has 0 aromatic rings. The van der Waals surface area contributed by atoms with E-state index in [0.29, 0.717) is 11.7 Å². The van der Waals surface area contributed by atoms with Gasteiger partial charge in [-0.05, 0) is 68.8 Å². The van der Waals surface area contributed by atoms with Gasteiger partial charge in [0, 0.05) is 23.5 Å². The van der Waals surface area contributed by atoms with E-state index in [0.717, 1.165) is 31.3 Å². The van der Waals surface area contributed by atoms with Crippen LogP contribution < -0.4 is 0 Å². The number of thioether (sulfide) groups is 1. The van der Waals surface area contributed by atoms with E-state index in [9.17, 15) is 9.59 Å². The van der Waals surface area contributed by atoms with Crippen molar-refractivity contribution in [3.8, 4) is 0 Å². The van der Waals surface area contributed by atoms with Gasteiger partial charge in [-0.1, -0.05) is 18.6 Å². The molecule has 0 aromatic carbocycles. The topological polar surface area (TPSA) is 43.4 Å². The van der Waals surface area contributed by atoms with Crippen molar-refractivity contribution in [2.45, 2.75) is 69.9 Å². The maximum absolute atomic E-state index is 17.2. The summed E-state index contributed by atoms with van der Waals surface area (Å²) in [5, 5.41) is 0.471. The molecule has 3 saturated carbocycles. The van der Waals surface area contributed by atoms with Crippen molar-refractivity contribution >= 4 is 23.5 Å². The number of rotatable bonds is 2. The van der Waals surface area contributed by atoms with Crippen molar-refractivity contribution < 1.29 is 18.7 Å². The summed E-state index contributed by atoms with van der Waals surface area (Å²) in [6.07, 6.45) is 10.3. The van der Waals surface area contributed by atoms with Crippen LogP contribution in [0.2, 0.25) is 0 Å². The number of halogens is 1. The number of allylic oxidation sites excluding steroid dienone is 4. The number of hydrogen-bond acceptors (Lipinski definition) is 4. The fourth-order valence-corrected chi connectivity index (χ4v) is 8.02. The van der Waals surface area contributed by atoms with Gasteiger partial charge in [0.1, 0.15) is 6.10 Å². The number of fused-ring (bicyclic) bond motifs is 5. The van der Waals surface area contributed by atoms with Crippen LogP contribution in [-0.2, 0) is 14.3 Å². The summed E-state index contributed by atoms with van der Waals surface area (Å²) in [7, 11) is 0. The monoisotopic (exact) mass is 392 g/mol. The first-order valence-electron chi connectivity index (χ1n) is 10.00. The lowest BCUT2D eigenvalue weighted by molar-refractivity contribution is -0.208. The van der Waals surface area contributed by atoms with E-state index < -0.39 is 23.2 Å². The molecule has 0 saturated heterocycles. The molecule has 0 aromatic heterocycles. The normalized spacial score (nSPS) is 48.3. The molecule has 148 valence electrons. The van der Waals surface area contributed by atoms with E-state index in [-0.39, 0.29) is 23.0 Å². The summed E-state index contributed by atoms with van der Waals surface area (Å²) in [4.78, 5) is 23.8. The lowest BCUT2D eigenvalue weighted by Crippen LogP contribution is -2.67. The molecule has 3 fully saturated rings. The highest BCUT2D eigenvalue weighted by Crippen LogP contribution is 2.69. The Morgan fingerprint density at radius 1 is 1.26 bits per heavy atom. The molecule has 7 atom stereocenters. The number of carbonyl (C=O) groups is 2. The summed E-state index contributed by atoms with van der Waals surface area (Å²) in [5.41, 5.74) is -1.72. The number of hydrogen-bond donors (Lipinski definition) is 0. The zero-order valence-corrected chi connectivity index (χ0v) is 17.4. The number of ketones is 1. The van der Waals surface area contributed by atoms with Crippen molar-refractivity contribution in [1.29, 1.82) is 0 Å². The van der Waals surface area contributed by atoms with Crippen LogP contribution in [0.4, 0.5) is 4.39 Å². The largest absolute Gasteiger partial charge is 0.459 e. The highest BCUT2D eigenvalue weighted by Gasteiger charge is 2.71. The molecule has 4 aliphatic rings. The Morgan fingerprint density at radius 3 is 2.67 bits per heavy atom. The molecular weight excluding hydrogens is 363 g/mol. The van der Waals surface area contributed by atoms with Crippen LogP contribution in [0.15, 0.2) is 23.8 Å². The van der Waals surface area contributed by atoms with Crippen LogP contribution in [0.5, 0.6) is 0 Å². The van der Waals surface area contributed by atoms with Gasteiger partial charge in [0.2, 0.25) is 0 Å². The minimum atomic E-state index is -1.67. The minimum absolute atomic E-state index is 0.0223. The molecular formula is C22H29FO3S. The first-order chi connectivity index (χ1) is 12.7. The van der Waals surface area contributed by atoms with Crippen LogP contribution in [0.25, 0.3) is 0 Å². The molecule has 0 heterocycles. The quantitative estimate of drug-likeness (QED) is 0.641. The molecule has 0 bridgehead atoms. The predicted octanol–water partition coefficient (Wildman–Crippen LogP) is 4.66. The Bertz CT molecular complexity index is 746. The number of alkyl halides is 1. The van der Waals surface area contributed by atoms with Crippen LogP contribution in [0.1, 0.15) is 52.9 Å². The fraction of sp³-hybridized carbons (Fsp3) is 0.727. The van der Waals surface area contributed by atoms with Crippen molar-refractivity contribution in [3.05, 3.63) is 23.8 Å². The molecule has 4 aliphatic carbocycles. The van der Waals surface area contributed by atoms with Gasteiger partial charge >= 0.3 is 5.97 Å².